The van der Waals surface area contributed by atoms with Crippen molar-refractivity contribution in [3.05, 3.63) is 0 Å². The fourth-order valence-corrected chi connectivity index (χ4v) is 0.959. The van der Waals surface area contributed by atoms with Crippen molar-refractivity contribution in [3.8, 4) is 0 Å². The number of thiol groups is 1. The number of amides is 1. The van der Waals surface area contributed by atoms with E-state index in [1.807, 2.05) is 0 Å². The normalized spacial score (nSPS) is 14.3. The van der Waals surface area contributed by atoms with Crippen LogP contribution in [0, 0.1) is 0 Å². The van der Waals surface area contributed by atoms with Gasteiger partial charge in [-0.25, -0.2) is 4.79 Å². The van der Waals surface area contributed by atoms with E-state index in [0.29, 0.717) is 0 Å². The molecule has 0 saturated carbocycles. The Morgan fingerprint density at radius 3 is 2.43 bits per heavy atom. The maximum absolute atomic E-state index is 11.3. The topological polar surface area (TPSA) is 64.6 Å². The second kappa shape index (κ2) is 6.67. The number of carbonyl (C=O) groups is 2. The van der Waals surface area contributed by atoms with E-state index in [-0.39, 0.29) is 11.7 Å². The summed E-state index contributed by atoms with van der Waals surface area (Å²) in [6, 6.07) is -0.728. The summed E-state index contributed by atoms with van der Waals surface area (Å²) in [6.07, 6.45) is -0.626. The van der Waals surface area contributed by atoms with Crippen molar-refractivity contribution >= 4 is 24.5 Å². The first-order chi connectivity index (χ1) is 6.51. The second-order valence-corrected chi connectivity index (χ2v) is 3.04. The van der Waals surface area contributed by atoms with Gasteiger partial charge in [0.1, 0.15) is 6.04 Å². The lowest BCUT2D eigenvalue weighted by atomic mass is 10.3. The van der Waals surface area contributed by atoms with Crippen LogP contribution in [0.2, 0.25) is 0 Å². The molecule has 0 aromatic heterocycles. The van der Waals surface area contributed by atoms with Crippen LogP contribution in [0.25, 0.3) is 0 Å². The van der Waals surface area contributed by atoms with Gasteiger partial charge in [-0.05, 0) is 6.92 Å². The minimum atomic E-state index is -0.728. The molecule has 2 atom stereocenters. The highest BCUT2D eigenvalue weighted by Gasteiger charge is 2.21. The standard InChI is InChI=1S/C8H15NO4S/c1-5(10)9-7(4-14)8(11)13-6(2)12-3/h6-7,14H,4H2,1-3H3,(H,9,10). The third kappa shape index (κ3) is 5.08. The lowest BCUT2D eigenvalue weighted by Gasteiger charge is -2.17. The summed E-state index contributed by atoms with van der Waals surface area (Å²) in [7, 11) is 1.42. The quantitative estimate of drug-likeness (QED) is 0.388. The number of hydrogen-bond acceptors (Lipinski definition) is 5. The third-order valence-corrected chi connectivity index (χ3v) is 1.82. The van der Waals surface area contributed by atoms with Gasteiger partial charge in [0.15, 0.2) is 6.29 Å². The average molecular weight is 221 g/mol. The number of esters is 1. The molecule has 0 saturated heterocycles. The summed E-state index contributed by atoms with van der Waals surface area (Å²) in [5.41, 5.74) is 0. The van der Waals surface area contributed by atoms with Gasteiger partial charge in [0.05, 0.1) is 0 Å². The van der Waals surface area contributed by atoms with E-state index in [0.717, 1.165) is 0 Å². The molecule has 0 fully saturated rings. The molecule has 2 unspecified atom stereocenters. The smallest absolute Gasteiger partial charge is 0.331 e. The van der Waals surface area contributed by atoms with Gasteiger partial charge >= 0.3 is 5.97 Å². The molecular formula is C8H15NO4S. The van der Waals surface area contributed by atoms with Crippen molar-refractivity contribution in [3.63, 3.8) is 0 Å². The van der Waals surface area contributed by atoms with E-state index >= 15 is 0 Å². The molecular weight excluding hydrogens is 206 g/mol. The predicted octanol–water partition coefficient (Wildman–Crippen LogP) is -0.0435. The van der Waals surface area contributed by atoms with E-state index in [9.17, 15) is 9.59 Å². The van der Waals surface area contributed by atoms with Crippen LogP contribution in [0.5, 0.6) is 0 Å². The number of ether oxygens (including phenoxy) is 2. The zero-order valence-electron chi connectivity index (χ0n) is 8.44. The minimum absolute atomic E-state index is 0.189. The number of nitrogens with one attached hydrogen (secondary N) is 1. The van der Waals surface area contributed by atoms with E-state index < -0.39 is 18.3 Å². The van der Waals surface area contributed by atoms with Crippen LogP contribution in [0.15, 0.2) is 0 Å². The molecule has 5 nitrogen and oxygen atoms in total. The van der Waals surface area contributed by atoms with Gasteiger partial charge in [-0.3, -0.25) is 4.79 Å². The van der Waals surface area contributed by atoms with Crippen molar-refractivity contribution in [2.75, 3.05) is 12.9 Å². The SMILES string of the molecule is COC(C)OC(=O)C(CS)NC(C)=O. The Balaban J connectivity index is 4.10. The predicted molar refractivity (Wildman–Crippen MR) is 54.0 cm³/mol. The van der Waals surface area contributed by atoms with Crippen LogP contribution in [-0.2, 0) is 19.1 Å². The molecule has 6 heteroatoms. The molecule has 0 aliphatic rings. The van der Waals surface area contributed by atoms with Gasteiger partial charge in [0.25, 0.3) is 0 Å². The Bertz CT molecular complexity index is 210. The Morgan fingerprint density at radius 1 is 1.50 bits per heavy atom. The lowest BCUT2D eigenvalue weighted by molar-refractivity contribution is -0.172. The molecule has 1 N–H and O–H groups in total. The summed E-state index contributed by atoms with van der Waals surface area (Å²) >= 11 is 3.92. The molecule has 0 rings (SSSR count). The molecule has 0 aliphatic heterocycles. The highest BCUT2D eigenvalue weighted by molar-refractivity contribution is 7.80. The van der Waals surface area contributed by atoms with Gasteiger partial charge in [-0.1, -0.05) is 0 Å². The Labute approximate surface area is 88.5 Å². The molecule has 14 heavy (non-hydrogen) atoms. The van der Waals surface area contributed by atoms with E-state index in [1.165, 1.54) is 14.0 Å². The Morgan fingerprint density at radius 2 is 2.07 bits per heavy atom. The molecule has 0 spiro atoms. The molecule has 0 aromatic rings. The van der Waals surface area contributed by atoms with Crippen LogP contribution in [-0.4, -0.2) is 37.1 Å². The first-order valence-electron chi connectivity index (χ1n) is 4.12. The van der Waals surface area contributed by atoms with Crippen molar-refractivity contribution in [1.29, 1.82) is 0 Å². The summed E-state index contributed by atoms with van der Waals surface area (Å²) in [5, 5.41) is 2.41. The monoisotopic (exact) mass is 221 g/mol. The summed E-state index contributed by atoms with van der Waals surface area (Å²) in [6.45, 7) is 2.91. The molecule has 1 amide bonds. The largest absolute Gasteiger partial charge is 0.435 e. The summed E-state index contributed by atoms with van der Waals surface area (Å²) in [4.78, 5) is 22.0. The van der Waals surface area contributed by atoms with Crippen LogP contribution >= 0.6 is 12.6 Å². The Hall–Kier alpha value is -0.750. The fourth-order valence-electron chi connectivity index (χ4n) is 0.718. The van der Waals surface area contributed by atoms with Crippen LogP contribution in [0.1, 0.15) is 13.8 Å². The minimum Gasteiger partial charge on any atom is -0.435 e. The number of carbonyl (C=O) groups excluding carboxylic acids is 2. The first-order valence-corrected chi connectivity index (χ1v) is 4.75. The van der Waals surface area contributed by atoms with Crippen molar-refractivity contribution in [2.45, 2.75) is 26.2 Å². The van der Waals surface area contributed by atoms with E-state index in [1.54, 1.807) is 6.92 Å². The van der Waals surface area contributed by atoms with Crippen LogP contribution < -0.4 is 5.32 Å². The maximum Gasteiger partial charge on any atom is 0.331 e. The van der Waals surface area contributed by atoms with Gasteiger partial charge in [-0.15, -0.1) is 0 Å². The van der Waals surface area contributed by atoms with Crippen LogP contribution in [0.4, 0.5) is 0 Å². The number of hydrogen-bond donors (Lipinski definition) is 2. The maximum atomic E-state index is 11.3. The first kappa shape index (κ1) is 13.2. The summed E-state index contributed by atoms with van der Waals surface area (Å²) < 4.78 is 9.57. The van der Waals surface area contributed by atoms with Crippen molar-refractivity contribution < 1.29 is 19.1 Å². The molecule has 0 aliphatic carbocycles. The van der Waals surface area contributed by atoms with Gasteiger partial charge in [0, 0.05) is 19.8 Å². The van der Waals surface area contributed by atoms with E-state index in [4.69, 9.17) is 9.47 Å². The number of rotatable bonds is 5. The van der Waals surface area contributed by atoms with Crippen molar-refractivity contribution in [1.82, 2.24) is 5.32 Å². The molecule has 0 bridgehead atoms. The lowest BCUT2D eigenvalue weighted by Crippen LogP contribution is -2.43. The fraction of sp³-hybridized carbons (Fsp3) is 0.750. The highest BCUT2D eigenvalue weighted by atomic mass is 32.1. The van der Waals surface area contributed by atoms with E-state index in [2.05, 4.69) is 17.9 Å². The highest BCUT2D eigenvalue weighted by Crippen LogP contribution is 1.98. The zero-order valence-corrected chi connectivity index (χ0v) is 9.34. The average Bonchev–Trinajstić information content (AvgIpc) is 2.13. The van der Waals surface area contributed by atoms with Gasteiger partial charge < -0.3 is 14.8 Å². The Kier molecular flexibility index (Phi) is 6.31. The zero-order chi connectivity index (χ0) is 11.1. The molecule has 0 aromatic carbocycles. The molecule has 0 heterocycles. The van der Waals surface area contributed by atoms with Gasteiger partial charge in [0.2, 0.25) is 5.91 Å². The summed E-state index contributed by atoms with van der Waals surface area (Å²) in [5.74, 6) is -0.662. The number of methoxy groups -OCH3 is 1. The van der Waals surface area contributed by atoms with Crippen LogP contribution in [0.3, 0.4) is 0 Å². The van der Waals surface area contributed by atoms with Gasteiger partial charge in [-0.2, -0.15) is 12.6 Å². The second-order valence-electron chi connectivity index (χ2n) is 2.68. The molecule has 82 valence electrons. The molecule has 0 radical (unpaired) electrons. The third-order valence-electron chi connectivity index (χ3n) is 1.46. The van der Waals surface area contributed by atoms with Crippen molar-refractivity contribution in [2.24, 2.45) is 0 Å².